The molecule has 1 aromatic carbocycles. The van der Waals surface area contributed by atoms with E-state index in [4.69, 9.17) is 10.5 Å². The lowest BCUT2D eigenvalue weighted by Gasteiger charge is -2.17. The van der Waals surface area contributed by atoms with Crippen molar-refractivity contribution < 1.29 is 9.53 Å². The minimum atomic E-state index is -0.139. The van der Waals surface area contributed by atoms with E-state index in [9.17, 15) is 4.79 Å². The average molecular weight is 278 g/mol. The number of hydrogen-bond acceptors (Lipinski definition) is 3. The Kier molecular flexibility index (Phi) is 7.09. The SMILES string of the molecule is CCCOc1cc(C)ccc1NC(=O)C(CN)CCC. The molecule has 0 saturated carbocycles. The molecule has 1 rings (SSSR count). The van der Waals surface area contributed by atoms with Crippen LogP contribution in [0.5, 0.6) is 5.75 Å². The number of nitrogens with one attached hydrogen (secondary N) is 1. The number of benzene rings is 1. The number of nitrogens with two attached hydrogens (primary N) is 1. The lowest BCUT2D eigenvalue weighted by molar-refractivity contribution is -0.119. The molecule has 1 amide bonds. The number of ether oxygens (including phenoxy) is 1. The Balaban J connectivity index is 2.82. The van der Waals surface area contributed by atoms with E-state index in [1.54, 1.807) is 0 Å². The fraction of sp³-hybridized carbons (Fsp3) is 0.562. The van der Waals surface area contributed by atoms with Gasteiger partial charge in [-0.1, -0.05) is 26.3 Å². The fourth-order valence-electron chi connectivity index (χ4n) is 2.00. The number of carbonyl (C=O) groups is 1. The predicted octanol–water partition coefficient (Wildman–Crippen LogP) is 3.10. The van der Waals surface area contributed by atoms with Crippen molar-refractivity contribution in [1.29, 1.82) is 0 Å². The van der Waals surface area contributed by atoms with E-state index in [1.807, 2.05) is 25.1 Å². The molecule has 0 spiro atoms. The van der Waals surface area contributed by atoms with Crippen LogP contribution < -0.4 is 15.8 Å². The zero-order valence-corrected chi connectivity index (χ0v) is 12.7. The summed E-state index contributed by atoms with van der Waals surface area (Å²) in [4.78, 5) is 12.2. The summed E-state index contributed by atoms with van der Waals surface area (Å²) in [5.41, 5.74) is 7.50. The summed E-state index contributed by atoms with van der Waals surface area (Å²) >= 11 is 0. The molecule has 112 valence electrons. The van der Waals surface area contributed by atoms with Crippen LogP contribution in [-0.4, -0.2) is 19.1 Å². The molecule has 0 radical (unpaired) electrons. The van der Waals surface area contributed by atoms with Crippen LogP contribution in [0.25, 0.3) is 0 Å². The van der Waals surface area contributed by atoms with E-state index >= 15 is 0 Å². The number of aryl methyl sites for hydroxylation is 1. The Bertz CT molecular complexity index is 432. The lowest BCUT2D eigenvalue weighted by Crippen LogP contribution is -2.29. The van der Waals surface area contributed by atoms with Gasteiger partial charge in [0.15, 0.2) is 0 Å². The maximum Gasteiger partial charge on any atom is 0.228 e. The smallest absolute Gasteiger partial charge is 0.228 e. The molecule has 4 nitrogen and oxygen atoms in total. The van der Waals surface area contributed by atoms with Crippen LogP contribution in [0.1, 0.15) is 38.7 Å². The van der Waals surface area contributed by atoms with Gasteiger partial charge in [-0.2, -0.15) is 0 Å². The maximum absolute atomic E-state index is 12.2. The van der Waals surface area contributed by atoms with Crippen molar-refractivity contribution in [1.82, 2.24) is 0 Å². The lowest BCUT2D eigenvalue weighted by atomic mass is 10.0. The van der Waals surface area contributed by atoms with Crippen molar-refractivity contribution in [3.05, 3.63) is 23.8 Å². The molecular formula is C16H26N2O2. The Hall–Kier alpha value is -1.55. The van der Waals surface area contributed by atoms with E-state index in [0.717, 1.165) is 36.3 Å². The van der Waals surface area contributed by atoms with Crippen molar-refractivity contribution in [2.45, 2.75) is 40.0 Å². The first-order valence-corrected chi connectivity index (χ1v) is 7.36. The molecule has 0 heterocycles. The summed E-state index contributed by atoms with van der Waals surface area (Å²) in [5, 5.41) is 2.94. The van der Waals surface area contributed by atoms with Crippen molar-refractivity contribution >= 4 is 11.6 Å². The van der Waals surface area contributed by atoms with Crippen LogP contribution >= 0.6 is 0 Å². The molecule has 3 N–H and O–H groups in total. The van der Waals surface area contributed by atoms with E-state index in [0.29, 0.717) is 13.2 Å². The zero-order valence-electron chi connectivity index (χ0n) is 12.7. The van der Waals surface area contributed by atoms with Gasteiger partial charge in [0.05, 0.1) is 18.2 Å². The van der Waals surface area contributed by atoms with Crippen LogP contribution in [0.4, 0.5) is 5.69 Å². The Labute approximate surface area is 121 Å². The third kappa shape index (κ3) is 4.85. The monoisotopic (exact) mass is 278 g/mol. The van der Waals surface area contributed by atoms with Gasteiger partial charge < -0.3 is 15.8 Å². The molecule has 0 aliphatic heterocycles. The van der Waals surface area contributed by atoms with Gasteiger partial charge in [-0.05, 0) is 37.5 Å². The summed E-state index contributed by atoms with van der Waals surface area (Å²) in [7, 11) is 0. The highest BCUT2D eigenvalue weighted by atomic mass is 16.5. The third-order valence-corrected chi connectivity index (χ3v) is 3.15. The van der Waals surface area contributed by atoms with E-state index in [1.165, 1.54) is 0 Å². The number of amides is 1. The standard InChI is InChI=1S/C16H26N2O2/c1-4-6-13(11-17)16(19)18-14-8-7-12(3)10-15(14)20-9-5-2/h7-8,10,13H,4-6,9,11,17H2,1-3H3,(H,18,19). The number of anilines is 1. The first kappa shape index (κ1) is 16.5. The predicted molar refractivity (Wildman–Crippen MR) is 83.0 cm³/mol. The van der Waals surface area contributed by atoms with Crippen molar-refractivity contribution in [3.63, 3.8) is 0 Å². The van der Waals surface area contributed by atoms with Crippen LogP contribution in [-0.2, 0) is 4.79 Å². The molecule has 0 aliphatic rings. The van der Waals surface area contributed by atoms with E-state index in [2.05, 4.69) is 19.2 Å². The maximum atomic E-state index is 12.2. The molecule has 0 fully saturated rings. The second kappa shape index (κ2) is 8.59. The highest BCUT2D eigenvalue weighted by Crippen LogP contribution is 2.26. The summed E-state index contributed by atoms with van der Waals surface area (Å²) in [6.07, 6.45) is 2.68. The summed E-state index contributed by atoms with van der Waals surface area (Å²) in [6.45, 7) is 7.12. The van der Waals surface area contributed by atoms with Gasteiger partial charge in [0.25, 0.3) is 0 Å². The Morgan fingerprint density at radius 3 is 2.70 bits per heavy atom. The first-order chi connectivity index (χ1) is 9.62. The minimum Gasteiger partial charge on any atom is -0.491 e. The van der Waals surface area contributed by atoms with Crippen molar-refractivity contribution in [2.24, 2.45) is 11.7 Å². The van der Waals surface area contributed by atoms with Crippen molar-refractivity contribution in [3.8, 4) is 5.75 Å². The van der Waals surface area contributed by atoms with Gasteiger partial charge in [0.2, 0.25) is 5.91 Å². The first-order valence-electron chi connectivity index (χ1n) is 7.36. The van der Waals surface area contributed by atoms with E-state index in [-0.39, 0.29) is 11.8 Å². The Morgan fingerprint density at radius 2 is 2.10 bits per heavy atom. The van der Waals surface area contributed by atoms with Gasteiger partial charge in [-0.3, -0.25) is 4.79 Å². The quantitative estimate of drug-likeness (QED) is 0.768. The second-order valence-electron chi connectivity index (χ2n) is 5.06. The molecule has 1 atom stereocenters. The highest BCUT2D eigenvalue weighted by Gasteiger charge is 2.17. The molecule has 1 aromatic rings. The molecule has 20 heavy (non-hydrogen) atoms. The van der Waals surface area contributed by atoms with Gasteiger partial charge in [-0.25, -0.2) is 0 Å². The summed E-state index contributed by atoms with van der Waals surface area (Å²) in [5.74, 6) is 0.562. The topological polar surface area (TPSA) is 64.3 Å². The molecular weight excluding hydrogens is 252 g/mol. The van der Waals surface area contributed by atoms with Crippen LogP contribution in [0.3, 0.4) is 0 Å². The third-order valence-electron chi connectivity index (χ3n) is 3.15. The number of carbonyl (C=O) groups excluding carboxylic acids is 1. The zero-order chi connectivity index (χ0) is 15.0. The van der Waals surface area contributed by atoms with Gasteiger partial charge in [-0.15, -0.1) is 0 Å². The molecule has 4 heteroatoms. The van der Waals surface area contributed by atoms with E-state index < -0.39 is 0 Å². The van der Waals surface area contributed by atoms with Crippen LogP contribution in [0, 0.1) is 12.8 Å². The highest BCUT2D eigenvalue weighted by molar-refractivity contribution is 5.94. The van der Waals surface area contributed by atoms with Gasteiger partial charge in [0, 0.05) is 6.54 Å². The van der Waals surface area contributed by atoms with Crippen LogP contribution in [0.2, 0.25) is 0 Å². The number of rotatable bonds is 8. The molecule has 0 aliphatic carbocycles. The second-order valence-corrected chi connectivity index (χ2v) is 5.06. The fourth-order valence-corrected chi connectivity index (χ4v) is 2.00. The normalized spacial score (nSPS) is 12.0. The average Bonchev–Trinajstić information content (AvgIpc) is 2.44. The number of hydrogen-bond donors (Lipinski definition) is 2. The van der Waals surface area contributed by atoms with Crippen LogP contribution in [0.15, 0.2) is 18.2 Å². The Morgan fingerprint density at radius 1 is 1.35 bits per heavy atom. The summed E-state index contributed by atoms with van der Waals surface area (Å²) < 4.78 is 5.70. The molecule has 0 aromatic heterocycles. The van der Waals surface area contributed by atoms with Crippen molar-refractivity contribution in [2.75, 3.05) is 18.5 Å². The van der Waals surface area contributed by atoms with Gasteiger partial charge >= 0.3 is 0 Å². The molecule has 1 unspecified atom stereocenters. The summed E-state index contributed by atoms with van der Waals surface area (Å²) in [6, 6.07) is 5.80. The largest absolute Gasteiger partial charge is 0.491 e. The minimum absolute atomic E-state index is 0.0282. The molecule has 0 saturated heterocycles. The van der Waals surface area contributed by atoms with Gasteiger partial charge in [0.1, 0.15) is 5.75 Å². The molecule has 0 bridgehead atoms.